The van der Waals surface area contributed by atoms with Crippen LogP contribution >= 0.6 is 50.7 Å². The van der Waals surface area contributed by atoms with Crippen molar-refractivity contribution in [2.24, 2.45) is 0 Å². The highest BCUT2D eigenvalue weighted by atomic mass is 79.9. The van der Waals surface area contributed by atoms with Crippen LogP contribution in [0, 0.1) is 5.82 Å². The number of halogens is 5. The lowest BCUT2D eigenvalue weighted by Gasteiger charge is -2.08. The molecule has 2 nitrogen and oxygen atoms in total. The lowest BCUT2D eigenvalue weighted by molar-refractivity contribution is 0.0997. The van der Waals surface area contributed by atoms with Crippen LogP contribution in [0.5, 0.6) is 0 Å². The number of aromatic nitrogens is 1. The van der Waals surface area contributed by atoms with Crippen molar-refractivity contribution in [3.63, 3.8) is 0 Å². The predicted octanol–water partition coefficient (Wildman–Crippen LogP) is 4.62. The summed E-state index contributed by atoms with van der Waals surface area (Å²) >= 11 is 19.5. The topological polar surface area (TPSA) is 32.9 Å². The van der Waals surface area contributed by atoms with E-state index in [-0.39, 0.29) is 15.4 Å². The van der Waals surface area contributed by atoms with Crippen molar-refractivity contribution in [3.05, 3.63) is 34.2 Å². The van der Waals surface area contributed by atoms with Gasteiger partial charge in [0, 0.05) is 17.1 Å². The Labute approximate surface area is 119 Å². The zero-order chi connectivity index (χ0) is 12.8. The van der Waals surface area contributed by atoms with Crippen molar-refractivity contribution >= 4 is 67.4 Å². The average Bonchev–Trinajstić information content (AvgIpc) is 2.65. The Morgan fingerprint density at radius 1 is 1.35 bits per heavy atom. The van der Waals surface area contributed by atoms with E-state index in [0.29, 0.717) is 5.52 Å². The Bertz CT molecular complexity index is 605. The predicted molar refractivity (Wildman–Crippen MR) is 70.6 cm³/mol. The van der Waals surface area contributed by atoms with Crippen LogP contribution in [0.3, 0.4) is 0 Å². The molecular formula is C10H4BrCl3FNO. The van der Waals surface area contributed by atoms with E-state index in [1.165, 1.54) is 12.3 Å². The van der Waals surface area contributed by atoms with Gasteiger partial charge in [0.25, 0.3) is 3.79 Å². The Balaban J connectivity index is 2.72. The van der Waals surface area contributed by atoms with E-state index >= 15 is 0 Å². The average molecular weight is 359 g/mol. The van der Waals surface area contributed by atoms with Crippen molar-refractivity contribution in [1.29, 1.82) is 0 Å². The second-order valence-corrected chi connectivity index (χ2v) is 6.45. The quantitative estimate of drug-likeness (QED) is 0.585. The fourth-order valence-electron chi connectivity index (χ4n) is 1.49. The molecule has 0 radical (unpaired) electrons. The minimum atomic E-state index is -2.11. The lowest BCUT2D eigenvalue weighted by Crippen LogP contribution is -2.18. The number of Topliss-reactive ketones (excluding diaryl/α,β-unsaturated/α-hetero) is 1. The maximum Gasteiger partial charge on any atom is 0.253 e. The van der Waals surface area contributed by atoms with Gasteiger partial charge in [-0.1, -0.05) is 34.8 Å². The molecule has 90 valence electrons. The molecule has 7 heteroatoms. The summed E-state index contributed by atoms with van der Waals surface area (Å²) in [4.78, 5) is 14.6. The Morgan fingerprint density at radius 3 is 2.59 bits per heavy atom. The third kappa shape index (κ3) is 2.32. The van der Waals surface area contributed by atoms with Crippen LogP contribution in [0.15, 0.2) is 22.8 Å². The van der Waals surface area contributed by atoms with Crippen LogP contribution < -0.4 is 0 Å². The number of carbonyl (C=O) groups is 1. The van der Waals surface area contributed by atoms with Gasteiger partial charge in [-0.3, -0.25) is 4.79 Å². The van der Waals surface area contributed by atoms with E-state index in [9.17, 15) is 9.18 Å². The first-order valence-electron chi connectivity index (χ1n) is 4.39. The van der Waals surface area contributed by atoms with Gasteiger partial charge in [0.2, 0.25) is 5.78 Å². The summed E-state index contributed by atoms with van der Waals surface area (Å²) in [5, 5.41) is 0.107. The third-order valence-corrected chi connectivity index (χ3v) is 3.37. The highest BCUT2D eigenvalue weighted by Crippen LogP contribution is 2.35. The zero-order valence-electron chi connectivity index (χ0n) is 8.03. The van der Waals surface area contributed by atoms with E-state index in [1.807, 2.05) is 0 Å². The molecular weight excluding hydrogens is 355 g/mol. The number of ketones is 1. The van der Waals surface area contributed by atoms with Gasteiger partial charge in [-0.15, -0.1) is 0 Å². The van der Waals surface area contributed by atoms with Gasteiger partial charge in [0.05, 0.1) is 10.0 Å². The summed E-state index contributed by atoms with van der Waals surface area (Å²) in [5.74, 6) is -1.34. The first kappa shape index (κ1) is 13.1. The van der Waals surface area contributed by atoms with E-state index in [0.717, 1.165) is 0 Å². The molecule has 0 atom stereocenters. The minimum Gasteiger partial charge on any atom is -0.360 e. The molecule has 0 spiro atoms. The van der Waals surface area contributed by atoms with Gasteiger partial charge in [-0.25, -0.2) is 4.39 Å². The second-order valence-electron chi connectivity index (χ2n) is 3.31. The van der Waals surface area contributed by atoms with E-state index in [4.69, 9.17) is 34.8 Å². The molecule has 2 rings (SSSR count). The molecule has 0 aliphatic heterocycles. The highest BCUT2D eigenvalue weighted by molar-refractivity contribution is 9.10. The second kappa shape index (κ2) is 4.43. The van der Waals surface area contributed by atoms with E-state index in [2.05, 4.69) is 20.9 Å². The van der Waals surface area contributed by atoms with Gasteiger partial charge in [0.1, 0.15) is 5.82 Å². The smallest absolute Gasteiger partial charge is 0.253 e. The van der Waals surface area contributed by atoms with Gasteiger partial charge in [-0.2, -0.15) is 0 Å². The number of fused-ring (bicyclic) bond motifs is 1. The summed E-state index contributed by atoms with van der Waals surface area (Å²) in [6.07, 6.45) is 1.32. The first-order valence-corrected chi connectivity index (χ1v) is 6.31. The van der Waals surface area contributed by atoms with Crippen molar-refractivity contribution in [2.45, 2.75) is 3.79 Å². The van der Waals surface area contributed by atoms with Gasteiger partial charge >= 0.3 is 0 Å². The lowest BCUT2D eigenvalue weighted by atomic mass is 10.1. The van der Waals surface area contributed by atoms with Crippen LogP contribution in [0.4, 0.5) is 4.39 Å². The van der Waals surface area contributed by atoms with Crippen LogP contribution in [-0.4, -0.2) is 14.6 Å². The maximum absolute atomic E-state index is 13.9. The molecule has 17 heavy (non-hydrogen) atoms. The number of H-pyrrole nitrogens is 1. The van der Waals surface area contributed by atoms with Crippen LogP contribution in [-0.2, 0) is 0 Å². The SMILES string of the molecule is O=C(c1c[nH]c2ccc(Br)c(F)c12)C(Cl)(Cl)Cl. The standard InChI is InChI=1S/C10H4BrCl3FNO/c11-5-1-2-6-7(8(5)15)4(3-16-6)9(17)10(12,13)14/h1-3,16H. The number of hydrogen-bond acceptors (Lipinski definition) is 1. The maximum atomic E-state index is 13.9. The fourth-order valence-corrected chi connectivity index (χ4v) is 2.12. The fraction of sp³-hybridized carbons (Fsp3) is 0.100. The Hall–Kier alpha value is -0.290. The molecule has 0 saturated heterocycles. The van der Waals surface area contributed by atoms with Crippen LogP contribution in [0.2, 0.25) is 0 Å². The van der Waals surface area contributed by atoms with Crippen LogP contribution in [0.25, 0.3) is 10.9 Å². The summed E-state index contributed by atoms with van der Waals surface area (Å²) in [7, 11) is 0. The largest absolute Gasteiger partial charge is 0.360 e. The molecule has 0 fully saturated rings. The molecule has 0 aliphatic carbocycles. The molecule has 0 aliphatic rings. The normalized spacial score (nSPS) is 12.1. The molecule has 1 aromatic carbocycles. The van der Waals surface area contributed by atoms with Crippen molar-refractivity contribution in [3.8, 4) is 0 Å². The summed E-state index contributed by atoms with van der Waals surface area (Å²) in [6.45, 7) is 0. The molecule has 0 bridgehead atoms. The Kier molecular flexibility index (Phi) is 3.42. The minimum absolute atomic E-state index is 0.0128. The monoisotopic (exact) mass is 357 g/mol. The number of aromatic amines is 1. The number of benzene rings is 1. The molecule has 0 amide bonds. The van der Waals surface area contributed by atoms with Crippen molar-refractivity contribution in [1.82, 2.24) is 4.98 Å². The van der Waals surface area contributed by atoms with Crippen LogP contribution in [0.1, 0.15) is 10.4 Å². The number of rotatable bonds is 1. The third-order valence-electron chi connectivity index (χ3n) is 2.24. The highest BCUT2D eigenvalue weighted by Gasteiger charge is 2.34. The molecule has 1 aromatic heterocycles. The van der Waals surface area contributed by atoms with E-state index < -0.39 is 15.4 Å². The van der Waals surface area contributed by atoms with Gasteiger partial charge in [-0.05, 0) is 28.1 Å². The Morgan fingerprint density at radius 2 is 2.00 bits per heavy atom. The molecule has 0 unspecified atom stereocenters. The van der Waals surface area contributed by atoms with Gasteiger partial charge in [0.15, 0.2) is 0 Å². The molecule has 1 N–H and O–H groups in total. The molecule has 2 aromatic rings. The van der Waals surface area contributed by atoms with Gasteiger partial charge < -0.3 is 4.98 Å². The molecule has 1 heterocycles. The van der Waals surface area contributed by atoms with E-state index in [1.54, 1.807) is 6.07 Å². The summed E-state index contributed by atoms with van der Waals surface area (Å²) in [5.41, 5.74) is 0.474. The first-order chi connectivity index (χ1) is 7.82. The van der Waals surface area contributed by atoms with Crippen molar-refractivity contribution < 1.29 is 9.18 Å². The summed E-state index contributed by atoms with van der Waals surface area (Å²) < 4.78 is 12.0. The number of alkyl halides is 3. The number of hydrogen-bond donors (Lipinski definition) is 1. The zero-order valence-corrected chi connectivity index (χ0v) is 11.9. The van der Waals surface area contributed by atoms with Crippen molar-refractivity contribution in [2.75, 3.05) is 0 Å². The molecule has 0 saturated carbocycles. The summed E-state index contributed by atoms with van der Waals surface area (Å²) in [6, 6.07) is 3.15. The number of nitrogens with one attached hydrogen (secondary N) is 1. The number of carbonyl (C=O) groups excluding carboxylic acids is 1.